The fraction of sp³-hybridized carbons (Fsp3) is 0.0476. The highest BCUT2D eigenvalue weighted by Gasteiger charge is 2.46. The van der Waals surface area contributed by atoms with Gasteiger partial charge in [-0.1, -0.05) is 181 Å². The lowest BCUT2D eigenvalue weighted by Gasteiger charge is -2.35. The van der Waals surface area contributed by atoms with E-state index in [1.54, 1.807) is 0 Å². The Kier molecular flexibility index (Phi) is 9.21. The highest BCUT2D eigenvalue weighted by Crippen LogP contribution is 2.58. The van der Waals surface area contributed by atoms with E-state index in [2.05, 4.69) is 266 Å². The summed E-state index contributed by atoms with van der Waals surface area (Å²) in [5.74, 6) is 0. The summed E-state index contributed by atoms with van der Waals surface area (Å²) in [6, 6.07) is 89.7. The summed E-state index contributed by atoms with van der Waals surface area (Å²) in [7, 11) is 0. The topological polar surface area (TPSA) is 8.17 Å². The quantitative estimate of drug-likeness (QED) is 0.148. The zero-order valence-corrected chi connectivity index (χ0v) is 36.5. The number of aromatic nitrogens is 1. The molecule has 0 spiro atoms. The molecule has 0 unspecified atom stereocenters. The average Bonchev–Trinajstić information content (AvgIpc) is 3.84. The molecule has 11 aromatic rings. The van der Waals surface area contributed by atoms with E-state index in [4.69, 9.17) is 0 Å². The third kappa shape index (κ3) is 6.32. The predicted molar refractivity (Wildman–Crippen MR) is 273 cm³/mol. The van der Waals surface area contributed by atoms with Gasteiger partial charge in [-0.25, -0.2) is 0 Å². The molecule has 1 heterocycles. The van der Waals surface area contributed by atoms with Crippen LogP contribution in [0.1, 0.15) is 33.4 Å². The van der Waals surface area contributed by atoms with E-state index in [9.17, 15) is 0 Å². The molecule has 0 amide bonds. The molecule has 2 nitrogen and oxygen atoms in total. The van der Waals surface area contributed by atoms with Crippen molar-refractivity contribution < 1.29 is 0 Å². The highest BCUT2D eigenvalue weighted by molar-refractivity contribution is 6.10. The predicted octanol–water partition coefficient (Wildman–Crippen LogP) is 16.6. The van der Waals surface area contributed by atoms with Gasteiger partial charge in [0, 0.05) is 33.5 Å². The summed E-state index contributed by atoms with van der Waals surface area (Å²) in [6.07, 6.45) is 0. The smallest absolute Gasteiger partial charge is 0.0715 e. The lowest BCUT2D eigenvalue weighted by molar-refractivity contribution is 0.767. The summed E-state index contributed by atoms with van der Waals surface area (Å²) >= 11 is 0. The molecule has 12 rings (SSSR count). The molecule has 2 heteroatoms. The van der Waals surface area contributed by atoms with E-state index < -0.39 is 5.41 Å². The Hall–Kier alpha value is -8.20. The average molecular weight is 831 g/mol. The van der Waals surface area contributed by atoms with Crippen LogP contribution in [0.25, 0.3) is 60.9 Å². The van der Waals surface area contributed by atoms with Crippen molar-refractivity contribution in [2.45, 2.75) is 19.3 Å². The Labute approximate surface area is 381 Å². The summed E-state index contributed by atoms with van der Waals surface area (Å²) in [6.45, 7) is 4.38. The molecule has 0 N–H and O–H groups in total. The van der Waals surface area contributed by atoms with Crippen LogP contribution in [0.4, 0.5) is 17.1 Å². The van der Waals surface area contributed by atoms with Crippen molar-refractivity contribution in [2.24, 2.45) is 0 Å². The maximum atomic E-state index is 2.48. The fourth-order valence-corrected chi connectivity index (χ4v) is 10.6. The standard InChI is InChI=1S/C63H46N2/c1-43-23-37-61-57(39-43)58-40-44(2)24-38-62(58)65(61)54-34-36-56-55-35-33-53(41-59(55)63(60(56)42-54,49-19-11-5-12-20-49)50-21-13-6-14-22-50)64(51-29-25-47(26-30-51)45-15-7-3-8-16-45)52-31-27-48(28-32-52)46-17-9-4-10-18-46/h3-42H,1-2H3. The van der Waals surface area contributed by atoms with Crippen LogP contribution in [-0.2, 0) is 5.41 Å². The molecule has 0 radical (unpaired) electrons. The van der Waals surface area contributed by atoms with Crippen molar-refractivity contribution in [3.63, 3.8) is 0 Å². The first-order valence-corrected chi connectivity index (χ1v) is 22.6. The number of benzene rings is 10. The molecule has 10 aromatic carbocycles. The van der Waals surface area contributed by atoms with Crippen molar-refractivity contribution in [1.29, 1.82) is 0 Å². The first kappa shape index (κ1) is 38.5. The minimum absolute atomic E-state index is 0.620. The second-order valence-corrected chi connectivity index (χ2v) is 17.5. The number of hydrogen-bond donors (Lipinski definition) is 0. The van der Waals surface area contributed by atoms with Gasteiger partial charge >= 0.3 is 0 Å². The van der Waals surface area contributed by atoms with Gasteiger partial charge in [0.25, 0.3) is 0 Å². The number of fused-ring (bicyclic) bond motifs is 6. The van der Waals surface area contributed by atoms with Crippen LogP contribution in [-0.4, -0.2) is 4.57 Å². The van der Waals surface area contributed by atoms with E-state index in [0.29, 0.717) is 0 Å². The summed E-state index contributed by atoms with van der Waals surface area (Å²) in [5.41, 5.74) is 21.1. The number of rotatable bonds is 8. The molecule has 1 aliphatic rings. The van der Waals surface area contributed by atoms with E-state index >= 15 is 0 Å². The van der Waals surface area contributed by atoms with Crippen LogP contribution >= 0.6 is 0 Å². The Bertz CT molecular complexity index is 3330. The Morgan fingerprint density at radius 2 is 0.738 bits per heavy atom. The number of hydrogen-bond acceptors (Lipinski definition) is 1. The van der Waals surface area contributed by atoms with Crippen molar-refractivity contribution >= 4 is 38.9 Å². The molecule has 1 aromatic heterocycles. The molecule has 0 saturated heterocycles. The fourth-order valence-electron chi connectivity index (χ4n) is 10.6. The van der Waals surface area contributed by atoms with Gasteiger partial charge in [0.1, 0.15) is 0 Å². The second-order valence-electron chi connectivity index (χ2n) is 17.5. The molecular weight excluding hydrogens is 785 g/mol. The summed E-state index contributed by atoms with van der Waals surface area (Å²) in [4.78, 5) is 2.42. The van der Waals surface area contributed by atoms with Gasteiger partial charge in [-0.2, -0.15) is 0 Å². The van der Waals surface area contributed by atoms with Crippen LogP contribution < -0.4 is 4.90 Å². The van der Waals surface area contributed by atoms with E-state index in [1.807, 2.05) is 0 Å². The third-order valence-corrected chi connectivity index (χ3v) is 13.6. The van der Waals surface area contributed by atoms with Crippen molar-refractivity contribution in [3.05, 3.63) is 276 Å². The monoisotopic (exact) mass is 830 g/mol. The maximum absolute atomic E-state index is 2.48. The molecule has 0 saturated carbocycles. The molecule has 0 bridgehead atoms. The lowest BCUT2D eigenvalue weighted by atomic mass is 9.67. The highest BCUT2D eigenvalue weighted by atomic mass is 15.1. The van der Waals surface area contributed by atoms with Crippen LogP contribution in [0.3, 0.4) is 0 Å². The van der Waals surface area contributed by atoms with Crippen LogP contribution in [0, 0.1) is 13.8 Å². The Morgan fingerprint density at radius 1 is 0.338 bits per heavy atom. The van der Waals surface area contributed by atoms with Crippen molar-refractivity contribution in [2.75, 3.05) is 4.90 Å². The molecule has 0 atom stereocenters. The lowest BCUT2D eigenvalue weighted by Crippen LogP contribution is -2.29. The van der Waals surface area contributed by atoms with Crippen LogP contribution in [0.2, 0.25) is 0 Å². The normalized spacial score (nSPS) is 12.6. The van der Waals surface area contributed by atoms with Crippen molar-refractivity contribution in [3.8, 4) is 39.1 Å². The Balaban J connectivity index is 1.09. The maximum Gasteiger partial charge on any atom is 0.0715 e. The van der Waals surface area contributed by atoms with Crippen LogP contribution in [0.15, 0.2) is 243 Å². The molecular formula is C63H46N2. The van der Waals surface area contributed by atoms with Gasteiger partial charge in [-0.15, -0.1) is 0 Å². The summed E-state index contributed by atoms with van der Waals surface area (Å²) in [5, 5.41) is 2.56. The van der Waals surface area contributed by atoms with Crippen LogP contribution in [0.5, 0.6) is 0 Å². The first-order chi connectivity index (χ1) is 32.0. The molecule has 308 valence electrons. The van der Waals surface area contributed by atoms with Gasteiger partial charge in [0.15, 0.2) is 0 Å². The minimum atomic E-state index is -0.620. The van der Waals surface area contributed by atoms with Gasteiger partial charge in [0.05, 0.1) is 16.4 Å². The number of anilines is 3. The first-order valence-electron chi connectivity index (χ1n) is 22.6. The number of nitrogens with zero attached hydrogens (tertiary/aromatic N) is 2. The molecule has 0 fully saturated rings. The molecule has 65 heavy (non-hydrogen) atoms. The minimum Gasteiger partial charge on any atom is -0.310 e. The van der Waals surface area contributed by atoms with Crippen molar-refractivity contribution in [1.82, 2.24) is 4.57 Å². The van der Waals surface area contributed by atoms with Gasteiger partial charge in [0.2, 0.25) is 0 Å². The Morgan fingerprint density at radius 3 is 1.22 bits per heavy atom. The summed E-state index contributed by atoms with van der Waals surface area (Å²) < 4.78 is 2.47. The zero-order valence-electron chi connectivity index (χ0n) is 36.5. The van der Waals surface area contributed by atoms with Gasteiger partial charge < -0.3 is 9.47 Å². The number of aryl methyl sites for hydroxylation is 2. The SMILES string of the molecule is Cc1ccc2c(c1)c1cc(C)ccc1n2-c1ccc2c(c1)C(c1ccccc1)(c1ccccc1)c1cc(N(c3ccc(-c4ccccc4)cc3)c3ccc(-c4ccccc4)cc3)ccc1-2. The van der Waals surface area contributed by atoms with E-state index in [-0.39, 0.29) is 0 Å². The van der Waals surface area contributed by atoms with E-state index in [1.165, 1.54) is 88.6 Å². The molecule has 0 aliphatic heterocycles. The largest absolute Gasteiger partial charge is 0.310 e. The van der Waals surface area contributed by atoms with Gasteiger partial charge in [-0.05, 0) is 142 Å². The van der Waals surface area contributed by atoms with Gasteiger partial charge in [-0.3, -0.25) is 0 Å². The second kappa shape index (κ2) is 15.6. The molecule has 1 aliphatic carbocycles. The van der Waals surface area contributed by atoms with E-state index in [0.717, 1.165) is 22.7 Å². The zero-order chi connectivity index (χ0) is 43.5. The third-order valence-electron chi connectivity index (χ3n) is 13.6.